The monoisotopic (exact) mass is 293 g/mol. The molecule has 1 aromatic carbocycles. The minimum atomic E-state index is -0.211. The molecule has 0 unspecified atom stereocenters. The predicted molar refractivity (Wildman–Crippen MR) is 78.5 cm³/mol. The zero-order chi connectivity index (χ0) is 14.5. The molecule has 0 atom stereocenters. The number of carbonyl (C=O) groups excluding carboxylic acids is 1. The first kappa shape index (κ1) is 14.4. The van der Waals surface area contributed by atoms with E-state index >= 15 is 0 Å². The molecule has 0 saturated carbocycles. The van der Waals surface area contributed by atoms with Crippen LogP contribution < -0.4 is 10.1 Å². The predicted octanol–water partition coefficient (Wildman–Crippen LogP) is 3.21. The molecule has 0 aliphatic heterocycles. The van der Waals surface area contributed by atoms with Crippen LogP contribution in [0, 0.1) is 0 Å². The molecule has 0 radical (unpaired) electrons. The highest BCUT2D eigenvalue weighted by Crippen LogP contribution is 2.27. The maximum absolute atomic E-state index is 12.2. The van der Waals surface area contributed by atoms with Gasteiger partial charge in [-0.05, 0) is 30.7 Å². The van der Waals surface area contributed by atoms with E-state index < -0.39 is 0 Å². The van der Waals surface area contributed by atoms with Crippen molar-refractivity contribution >= 4 is 23.2 Å². The van der Waals surface area contributed by atoms with Gasteiger partial charge in [-0.1, -0.05) is 18.5 Å². The van der Waals surface area contributed by atoms with Crippen molar-refractivity contribution in [3.8, 4) is 5.75 Å². The highest BCUT2D eigenvalue weighted by atomic mass is 35.5. The van der Waals surface area contributed by atoms with Gasteiger partial charge >= 0.3 is 0 Å². The molecule has 1 heterocycles. The van der Waals surface area contributed by atoms with Gasteiger partial charge in [0.05, 0.1) is 12.1 Å². The van der Waals surface area contributed by atoms with E-state index in [1.54, 1.807) is 42.3 Å². The number of halogens is 1. The molecule has 6 heteroatoms. The number of amides is 1. The van der Waals surface area contributed by atoms with Crippen molar-refractivity contribution in [1.29, 1.82) is 0 Å². The van der Waals surface area contributed by atoms with Gasteiger partial charge in [0.1, 0.15) is 11.4 Å². The minimum Gasteiger partial charge on any atom is -0.495 e. The molecule has 2 rings (SSSR count). The van der Waals surface area contributed by atoms with E-state index in [1.807, 2.05) is 6.92 Å². The molecule has 1 amide bonds. The molecule has 2 aromatic rings. The van der Waals surface area contributed by atoms with Crippen LogP contribution >= 0.6 is 11.6 Å². The van der Waals surface area contributed by atoms with E-state index in [9.17, 15) is 4.79 Å². The number of aromatic nitrogens is 2. The van der Waals surface area contributed by atoms with Crippen LogP contribution in [0.5, 0.6) is 5.75 Å². The van der Waals surface area contributed by atoms with Crippen LogP contribution in [0.15, 0.2) is 30.5 Å². The van der Waals surface area contributed by atoms with Crippen molar-refractivity contribution < 1.29 is 9.53 Å². The van der Waals surface area contributed by atoms with Crippen molar-refractivity contribution in [3.05, 3.63) is 41.2 Å². The van der Waals surface area contributed by atoms with E-state index in [0.717, 1.165) is 6.42 Å². The van der Waals surface area contributed by atoms with Crippen LogP contribution in [-0.2, 0) is 6.54 Å². The van der Waals surface area contributed by atoms with Crippen molar-refractivity contribution in [3.63, 3.8) is 0 Å². The number of nitrogens with one attached hydrogen (secondary N) is 1. The molecule has 5 nitrogen and oxygen atoms in total. The largest absolute Gasteiger partial charge is 0.495 e. The number of methoxy groups -OCH3 is 1. The van der Waals surface area contributed by atoms with Crippen LogP contribution in [0.3, 0.4) is 0 Å². The van der Waals surface area contributed by atoms with Crippen LogP contribution in [0.1, 0.15) is 23.8 Å². The fourth-order valence-corrected chi connectivity index (χ4v) is 2.11. The number of rotatable bonds is 5. The first-order chi connectivity index (χ1) is 9.65. The number of anilines is 1. The number of benzene rings is 1. The first-order valence-electron chi connectivity index (χ1n) is 6.32. The van der Waals surface area contributed by atoms with Gasteiger partial charge in [-0.15, -0.1) is 0 Å². The Morgan fingerprint density at radius 1 is 1.45 bits per heavy atom. The molecule has 20 heavy (non-hydrogen) atoms. The van der Waals surface area contributed by atoms with E-state index in [-0.39, 0.29) is 5.91 Å². The Balaban J connectivity index is 2.15. The molecular formula is C14H16ClN3O2. The lowest BCUT2D eigenvalue weighted by Gasteiger charge is -2.09. The topological polar surface area (TPSA) is 56.2 Å². The summed E-state index contributed by atoms with van der Waals surface area (Å²) >= 11 is 6.03. The average Bonchev–Trinajstić information content (AvgIpc) is 2.88. The van der Waals surface area contributed by atoms with Crippen molar-refractivity contribution in [2.24, 2.45) is 0 Å². The summed E-state index contributed by atoms with van der Waals surface area (Å²) in [7, 11) is 1.54. The Kier molecular flexibility index (Phi) is 4.63. The molecular weight excluding hydrogens is 278 g/mol. The van der Waals surface area contributed by atoms with Crippen molar-refractivity contribution in [2.45, 2.75) is 19.9 Å². The first-order valence-corrected chi connectivity index (χ1v) is 6.70. The molecule has 1 N–H and O–H groups in total. The summed E-state index contributed by atoms with van der Waals surface area (Å²) in [5, 5.41) is 7.37. The number of aryl methyl sites for hydroxylation is 1. The normalized spacial score (nSPS) is 10.3. The second-order valence-corrected chi connectivity index (χ2v) is 4.65. The lowest BCUT2D eigenvalue weighted by Crippen LogP contribution is -2.17. The van der Waals surface area contributed by atoms with Gasteiger partial charge in [-0.25, -0.2) is 0 Å². The fraction of sp³-hybridized carbons (Fsp3) is 0.286. The van der Waals surface area contributed by atoms with Crippen molar-refractivity contribution in [1.82, 2.24) is 9.78 Å². The Bertz CT molecular complexity index is 610. The zero-order valence-corrected chi connectivity index (χ0v) is 12.1. The molecule has 0 aliphatic carbocycles. The molecule has 0 spiro atoms. The van der Waals surface area contributed by atoms with E-state index in [4.69, 9.17) is 16.3 Å². The SMILES string of the molecule is CCCn1nccc1C(=O)Nc1ccc(OC)c(Cl)c1. The van der Waals surface area contributed by atoms with E-state index in [0.29, 0.717) is 28.7 Å². The number of ether oxygens (including phenoxy) is 1. The zero-order valence-electron chi connectivity index (χ0n) is 11.4. The Labute approximate surface area is 122 Å². The summed E-state index contributed by atoms with van der Waals surface area (Å²) in [4.78, 5) is 12.2. The number of nitrogens with zero attached hydrogens (tertiary/aromatic N) is 2. The van der Waals surface area contributed by atoms with E-state index in [1.165, 1.54) is 0 Å². The summed E-state index contributed by atoms with van der Waals surface area (Å²) in [5.74, 6) is 0.359. The summed E-state index contributed by atoms with van der Waals surface area (Å²) in [5.41, 5.74) is 1.14. The van der Waals surface area contributed by atoms with Gasteiger partial charge in [-0.2, -0.15) is 5.10 Å². The standard InChI is InChI=1S/C14H16ClN3O2/c1-3-8-18-12(6-7-16-18)14(19)17-10-4-5-13(20-2)11(15)9-10/h4-7,9H,3,8H2,1-2H3,(H,17,19). The molecule has 1 aromatic heterocycles. The smallest absolute Gasteiger partial charge is 0.273 e. The summed E-state index contributed by atoms with van der Waals surface area (Å²) in [6, 6.07) is 6.79. The van der Waals surface area contributed by atoms with Gasteiger partial charge < -0.3 is 10.1 Å². The number of hydrogen-bond acceptors (Lipinski definition) is 3. The maximum Gasteiger partial charge on any atom is 0.273 e. The summed E-state index contributed by atoms with van der Waals surface area (Å²) in [6.45, 7) is 2.74. The Hall–Kier alpha value is -2.01. The van der Waals surface area contributed by atoms with Gasteiger partial charge in [0, 0.05) is 18.4 Å². The van der Waals surface area contributed by atoms with Crippen LogP contribution in [-0.4, -0.2) is 22.8 Å². The Morgan fingerprint density at radius 2 is 2.25 bits per heavy atom. The minimum absolute atomic E-state index is 0.211. The molecule has 0 aliphatic rings. The molecule has 0 saturated heterocycles. The van der Waals surface area contributed by atoms with E-state index in [2.05, 4.69) is 10.4 Å². The third kappa shape index (κ3) is 3.11. The maximum atomic E-state index is 12.2. The quantitative estimate of drug-likeness (QED) is 0.921. The van der Waals surface area contributed by atoms with Gasteiger partial charge in [0.25, 0.3) is 5.91 Å². The second kappa shape index (κ2) is 6.43. The van der Waals surface area contributed by atoms with Crippen LogP contribution in [0.2, 0.25) is 5.02 Å². The van der Waals surface area contributed by atoms with Crippen LogP contribution in [0.25, 0.3) is 0 Å². The lowest BCUT2D eigenvalue weighted by atomic mass is 10.3. The summed E-state index contributed by atoms with van der Waals surface area (Å²) < 4.78 is 6.75. The van der Waals surface area contributed by atoms with Gasteiger partial charge in [0.2, 0.25) is 0 Å². The second-order valence-electron chi connectivity index (χ2n) is 4.24. The van der Waals surface area contributed by atoms with Crippen molar-refractivity contribution in [2.75, 3.05) is 12.4 Å². The third-order valence-electron chi connectivity index (χ3n) is 2.79. The third-order valence-corrected chi connectivity index (χ3v) is 3.09. The van der Waals surface area contributed by atoms with Gasteiger partial charge in [-0.3, -0.25) is 9.48 Å². The fourth-order valence-electron chi connectivity index (χ4n) is 1.85. The molecule has 0 fully saturated rings. The molecule has 106 valence electrons. The summed E-state index contributed by atoms with van der Waals surface area (Å²) in [6.07, 6.45) is 2.53. The highest BCUT2D eigenvalue weighted by Gasteiger charge is 2.12. The number of carbonyl (C=O) groups is 1. The Morgan fingerprint density at radius 3 is 2.90 bits per heavy atom. The van der Waals surface area contributed by atoms with Crippen LogP contribution in [0.4, 0.5) is 5.69 Å². The molecule has 0 bridgehead atoms. The highest BCUT2D eigenvalue weighted by molar-refractivity contribution is 6.32. The number of hydrogen-bond donors (Lipinski definition) is 1. The average molecular weight is 294 g/mol. The van der Waals surface area contributed by atoms with Gasteiger partial charge in [0.15, 0.2) is 0 Å². The lowest BCUT2D eigenvalue weighted by molar-refractivity contribution is 0.101.